The maximum absolute atomic E-state index is 13.3. The summed E-state index contributed by atoms with van der Waals surface area (Å²) < 4.78 is 25.0. The number of esters is 1. The van der Waals surface area contributed by atoms with Gasteiger partial charge in [0.2, 0.25) is 0 Å². The molecule has 1 aliphatic heterocycles. The lowest BCUT2D eigenvalue weighted by Gasteiger charge is -2.22. The predicted molar refractivity (Wildman–Crippen MR) is 106 cm³/mol. The highest BCUT2D eigenvalue weighted by Crippen LogP contribution is 2.63. The minimum atomic E-state index is -1.41. The molecule has 0 radical (unpaired) electrons. The van der Waals surface area contributed by atoms with Gasteiger partial charge in [-0.25, -0.2) is 9.00 Å². The van der Waals surface area contributed by atoms with Crippen LogP contribution in [0.15, 0.2) is 54.6 Å². The van der Waals surface area contributed by atoms with E-state index in [0.29, 0.717) is 0 Å². The second-order valence-corrected chi connectivity index (χ2v) is 9.60. The third-order valence-corrected chi connectivity index (χ3v) is 6.66. The molecular formula is C21H25NO4S. The van der Waals surface area contributed by atoms with E-state index in [1.165, 1.54) is 7.11 Å². The number of benzene rings is 2. The van der Waals surface area contributed by atoms with E-state index in [0.717, 1.165) is 16.9 Å². The number of carbonyl (C=O) groups excluding carboxylic acids is 1. The van der Waals surface area contributed by atoms with Crippen LogP contribution in [0.3, 0.4) is 0 Å². The summed E-state index contributed by atoms with van der Waals surface area (Å²) in [6.45, 7) is 5.71. The molecule has 5 nitrogen and oxygen atoms in total. The molecule has 0 aliphatic carbocycles. The SMILES string of the molecule is COC(=O)[C@@]1(c2ccccc2)[C@H](c2ccc(OC)cc2)N1S(=O)C(C)(C)C. The zero-order valence-electron chi connectivity index (χ0n) is 16.3. The number of rotatable bonds is 5. The molecule has 1 fully saturated rings. The van der Waals surface area contributed by atoms with Gasteiger partial charge in [-0.3, -0.25) is 0 Å². The van der Waals surface area contributed by atoms with Gasteiger partial charge in [0.1, 0.15) is 16.7 Å². The third kappa shape index (κ3) is 3.17. The normalized spacial score (nSPS) is 25.5. The Bertz CT molecular complexity index is 845. The molecule has 0 bridgehead atoms. The molecule has 0 saturated carbocycles. The first-order valence-electron chi connectivity index (χ1n) is 8.77. The van der Waals surface area contributed by atoms with Gasteiger partial charge < -0.3 is 9.47 Å². The van der Waals surface area contributed by atoms with E-state index in [1.54, 1.807) is 11.4 Å². The molecule has 0 aromatic heterocycles. The van der Waals surface area contributed by atoms with Crippen LogP contribution in [0.2, 0.25) is 0 Å². The Morgan fingerprint density at radius 1 is 1.04 bits per heavy atom. The smallest absolute Gasteiger partial charge is 0.333 e. The van der Waals surface area contributed by atoms with E-state index in [-0.39, 0.29) is 6.04 Å². The highest BCUT2D eigenvalue weighted by Gasteiger charge is 2.74. The van der Waals surface area contributed by atoms with Gasteiger partial charge in [0.15, 0.2) is 5.54 Å². The van der Waals surface area contributed by atoms with E-state index in [2.05, 4.69) is 0 Å². The molecule has 27 heavy (non-hydrogen) atoms. The largest absolute Gasteiger partial charge is 0.497 e. The number of hydrogen-bond acceptors (Lipinski definition) is 4. The predicted octanol–water partition coefficient (Wildman–Crippen LogP) is 3.58. The lowest BCUT2D eigenvalue weighted by atomic mass is 9.91. The van der Waals surface area contributed by atoms with E-state index in [1.807, 2.05) is 75.4 Å². The molecule has 1 aliphatic rings. The first kappa shape index (κ1) is 19.6. The second-order valence-electron chi connectivity index (χ2n) is 7.49. The van der Waals surface area contributed by atoms with Gasteiger partial charge in [0.05, 0.1) is 25.0 Å². The number of hydrogen-bond donors (Lipinski definition) is 0. The van der Waals surface area contributed by atoms with Crippen molar-refractivity contribution in [1.82, 2.24) is 4.31 Å². The summed E-state index contributed by atoms with van der Waals surface area (Å²) in [7, 11) is 1.57. The average molecular weight is 388 g/mol. The van der Waals surface area contributed by atoms with Crippen LogP contribution >= 0.6 is 0 Å². The summed E-state index contributed by atoms with van der Waals surface area (Å²) in [5.74, 6) is 0.318. The minimum absolute atomic E-state index is 0.377. The molecule has 6 heteroatoms. The summed E-state index contributed by atoms with van der Waals surface area (Å²) in [5.41, 5.74) is 0.556. The summed E-state index contributed by atoms with van der Waals surface area (Å²) in [4.78, 5) is 13.0. The summed E-state index contributed by atoms with van der Waals surface area (Å²) >= 11 is 0. The molecule has 1 saturated heterocycles. The van der Waals surface area contributed by atoms with Crippen molar-refractivity contribution < 1.29 is 18.5 Å². The van der Waals surface area contributed by atoms with Gasteiger partial charge >= 0.3 is 5.97 Å². The molecule has 1 heterocycles. The fraction of sp³-hybridized carbons (Fsp3) is 0.381. The third-order valence-electron chi connectivity index (χ3n) is 4.75. The van der Waals surface area contributed by atoms with Crippen molar-refractivity contribution >= 4 is 17.0 Å². The van der Waals surface area contributed by atoms with Gasteiger partial charge in [-0.1, -0.05) is 42.5 Å². The molecule has 2 aromatic rings. The molecule has 2 unspecified atom stereocenters. The first-order valence-corrected chi connectivity index (χ1v) is 9.88. The highest BCUT2D eigenvalue weighted by atomic mass is 32.2. The Morgan fingerprint density at radius 3 is 2.11 bits per heavy atom. The molecule has 4 atom stereocenters. The molecule has 0 spiro atoms. The number of methoxy groups -OCH3 is 2. The molecule has 3 rings (SSSR count). The van der Waals surface area contributed by atoms with Gasteiger partial charge in [-0.2, -0.15) is 4.31 Å². The van der Waals surface area contributed by atoms with Crippen molar-refractivity contribution in [2.75, 3.05) is 14.2 Å². The van der Waals surface area contributed by atoms with Crippen molar-refractivity contribution in [2.24, 2.45) is 0 Å². The van der Waals surface area contributed by atoms with Crippen LogP contribution in [0.1, 0.15) is 37.9 Å². The Kier molecular flexibility index (Phi) is 5.14. The van der Waals surface area contributed by atoms with Gasteiger partial charge in [0, 0.05) is 0 Å². The monoisotopic (exact) mass is 387 g/mol. The topological polar surface area (TPSA) is 55.6 Å². The zero-order valence-corrected chi connectivity index (χ0v) is 17.1. The quantitative estimate of drug-likeness (QED) is 0.581. The lowest BCUT2D eigenvalue weighted by Crippen LogP contribution is -2.35. The highest BCUT2D eigenvalue weighted by molar-refractivity contribution is 7.84. The van der Waals surface area contributed by atoms with Crippen LogP contribution in [0.25, 0.3) is 0 Å². The van der Waals surface area contributed by atoms with Crippen LogP contribution in [-0.4, -0.2) is 33.5 Å². The second kappa shape index (κ2) is 7.09. The van der Waals surface area contributed by atoms with Crippen molar-refractivity contribution in [3.05, 3.63) is 65.7 Å². The Labute approximate surface area is 162 Å². The van der Waals surface area contributed by atoms with Gasteiger partial charge in [-0.05, 0) is 44.0 Å². The molecular weight excluding hydrogens is 362 g/mol. The summed E-state index contributed by atoms with van der Waals surface area (Å²) in [6, 6.07) is 16.5. The minimum Gasteiger partial charge on any atom is -0.497 e. The van der Waals surface area contributed by atoms with Crippen LogP contribution in [0, 0.1) is 0 Å². The zero-order chi connectivity index (χ0) is 19.8. The van der Waals surface area contributed by atoms with E-state index >= 15 is 0 Å². The average Bonchev–Trinajstić information content (AvgIpc) is 3.37. The van der Waals surface area contributed by atoms with E-state index < -0.39 is 27.2 Å². The number of nitrogens with zero attached hydrogens (tertiary/aromatic N) is 1. The first-order chi connectivity index (χ1) is 12.8. The van der Waals surface area contributed by atoms with Gasteiger partial charge in [-0.15, -0.1) is 0 Å². The Hall–Kier alpha value is -2.18. The van der Waals surface area contributed by atoms with E-state index in [9.17, 15) is 9.00 Å². The molecule has 2 aromatic carbocycles. The molecule has 0 amide bonds. The maximum atomic E-state index is 13.3. The maximum Gasteiger partial charge on any atom is 0.333 e. The number of carbonyl (C=O) groups is 1. The van der Waals surface area contributed by atoms with Crippen LogP contribution in [0.5, 0.6) is 5.75 Å². The van der Waals surface area contributed by atoms with E-state index in [4.69, 9.17) is 9.47 Å². The summed E-state index contributed by atoms with van der Waals surface area (Å²) in [6.07, 6.45) is 0. The van der Waals surface area contributed by atoms with Gasteiger partial charge in [0.25, 0.3) is 0 Å². The van der Waals surface area contributed by atoms with Crippen molar-refractivity contribution in [1.29, 1.82) is 0 Å². The standard InChI is InChI=1S/C21H25NO4S/c1-20(2,3)27(24)22-18(15-11-13-17(25-4)14-12-15)21(22,19(23)26-5)16-9-7-6-8-10-16/h6-14,18H,1-5H3/t18-,21+,22?,27?/m0/s1. The lowest BCUT2D eigenvalue weighted by molar-refractivity contribution is -0.144. The Morgan fingerprint density at radius 2 is 1.63 bits per heavy atom. The Balaban J connectivity index is 2.17. The van der Waals surface area contributed by atoms with Crippen LogP contribution in [0.4, 0.5) is 0 Å². The summed E-state index contributed by atoms with van der Waals surface area (Å²) in [5, 5.41) is 0. The van der Waals surface area contributed by atoms with Crippen molar-refractivity contribution in [3.63, 3.8) is 0 Å². The molecule has 144 valence electrons. The number of ether oxygens (including phenoxy) is 2. The van der Waals surface area contributed by atoms with Crippen LogP contribution in [-0.2, 0) is 26.1 Å². The molecule has 0 N–H and O–H groups in total. The van der Waals surface area contributed by atoms with Crippen molar-refractivity contribution in [3.8, 4) is 5.75 Å². The van der Waals surface area contributed by atoms with Crippen molar-refractivity contribution in [2.45, 2.75) is 37.1 Å². The fourth-order valence-electron chi connectivity index (χ4n) is 3.41. The van der Waals surface area contributed by atoms with Crippen LogP contribution < -0.4 is 4.74 Å². The fourth-order valence-corrected chi connectivity index (χ4v) is 4.96.